The molecule has 0 radical (unpaired) electrons. The topological polar surface area (TPSA) is 53.2 Å². The molecule has 1 aliphatic heterocycles. The number of nitrogens with zero attached hydrogens (tertiary/aromatic N) is 1. The molecule has 59 heavy (non-hydrogen) atoms. The molecule has 4 nitrogen and oxygen atoms in total. The van der Waals surface area contributed by atoms with Gasteiger partial charge in [0.25, 0.3) is 5.24 Å². The lowest BCUT2D eigenvalue weighted by Gasteiger charge is -2.46. The highest BCUT2D eigenvalue weighted by molar-refractivity contribution is 8.15. The number of thioether (sulfide) groups is 1. The Labute approximate surface area is 348 Å². The van der Waals surface area contributed by atoms with Crippen molar-refractivity contribution in [3.63, 3.8) is 0 Å². The van der Waals surface area contributed by atoms with Crippen LogP contribution < -0.4 is 0 Å². The fraction of sp³-hybridized carbons (Fsp3) is 0.0741. The minimum absolute atomic E-state index is 0.243. The number of carbonyl (C=O) groups is 2. The summed E-state index contributed by atoms with van der Waals surface area (Å²) in [6, 6.07) is 76.4. The van der Waals surface area contributed by atoms with E-state index in [1.165, 1.54) is 0 Å². The average Bonchev–Trinajstić information content (AvgIpc) is 3.83. The zero-order valence-corrected chi connectivity index (χ0v) is 33.0. The van der Waals surface area contributed by atoms with Crippen molar-refractivity contribution in [1.82, 2.24) is 9.88 Å². The number of imide groups is 1. The fourth-order valence-corrected chi connectivity index (χ4v) is 11.0. The molecular formula is C54H40N2O2S. The van der Waals surface area contributed by atoms with Gasteiger partial charge < -0.3 is 4.98 Å². The molecule has 1 unspecified atom stereocenters. The highest BCUT2D eigenvalue weighted by Crippen LogP contribution is 2.58. The number of fused-ring (bicyclic) bond motifs is 3. The number of benzene rings is 8. The van der Waals surface area contributed by atoms with Crippen molar-refractivity contribution < 1.29 is 9.59 Å². The number of para-hydroxylation sites is 1. The Morgan fingerprint density at radius 3 is 1.29 bits per heavy atom. The number of rotatable bonds is 10. The van der Waals surface area contributed by atoms with Gasteiger partial charge in [0.15, 0.2) is 0 Å². The van der Waals surface area contributed by atoms with Crippen molar-refractivity contribution in [2.75, 3.05) is 0 Å². The van der Waals surface area contributed by atoms with E-state index < -0.39 is 22.1 Å². The van der Waals surface area contributed by atoms with Crippen molar-refractivity contribution in [1.29, 1.82) is 0 Å². The molecule has 1 fully saturated rings. The van der Waals surface area contributed by atoms with Crippen LogP contribution in [0.2, 0.25) is 0 Å². The van der Waals surface area contributed by atoms with Crippen LogP contribution >= 0.6 is 11.8 Å². The van der Waals surface area contributed by atoms with E-state index in [0.717, 1.165) is 72.5 Å². The summed E-state index contributed by atoms with van der Waals surface area (Å²) in [5.74, 6) is -0.813. The van der Waals surface area contributed by atoms with Crippen LogP contribution in [-0.2, 0) is 15.7 Å². The lowest BCUT2D eigenvalue weighted by atomic mass is 9.58. The Kier molecular flexibility index (Phi) is 9.31. The Bertz CT molecular complexity index is 2710. The molecule has 1 N–H and O–H groups in total. The molecular weight excluding hydrogens is 741 g/mol. The van der Waals surface area contributed by atoms with Gasteiger partial charge in [-0.1, -0.05) is 218 Å². The van der Waals surface area contributed by atoms with Gasteiger partial charge in [-0.2, -0.15) is 0 Å². The summed E-state index contributed by atoms with van der Waals surface area (Å²) in [5.41, 5.74) is 6.41. The summed E-state index contributed by atoms with van der Waals surface area (Å²) in [6.45, 7) is 0. The number of aromatic nitrogens is 1. The Morgan fingerprint density at radius 2 is 0.831 bits per heavy atom. The first-order chi connectivity index (χ1) is 29.1. The average molecular weight is 781 g/mol. The highest BCUT2D eigenvalue weighted by atomic mass is 32.2. The van der Waals surface area contributed by atoms with Crippen LogP contribution in [0.15, 0.2) is 224 Å². The van der Waals surface area contributed by atoms with Gasteiger partial charge in [-0.05, 0) is 57.1 Å². The Hall–Kier alpha value is -6.95. The van der Waals surface area contributed by atoms with Crippen molar-refractivity contribution in [2.24, 2.45) is 0 Å². The number of hydrogen-bond donors (Lipinski definition) is 1. The monoisotopic (exact) mass is 780 g/mol. The van der Waals surface area contributed by atoms with Crippen LogP contribution in [0.3, 0.4) is 0 Å². The molecule has 0 aliphatic carbocycles. The van der Waals surface area contributed by atoms with E-state index in [4.69, 9.17) is 0 Å². The van der Waals surface area contributed by atoms with Gasteiger partial charge in [-0.25, -0.2) is 0 Å². The minimum atomic E-state index is -1.26. The molecule has 2 atom stereocenters. The van der Waals surface area contributed by atoms with Gasteiger partial charge in [0.1, 0.15) is 10.8 Å². The molecule has 0 saturated carbocycles. The Morgan fingerprint density at radius 1 is 0.441 bits per heavy atom. The molecule has 0 bridgehead atoms. The van der Waals surface area contributed by atoms with Crippen molar-refractivity contribution >= 4 is 44.7 Å². The van der Waals surface area contributed by atoms with E-state index in [-0.39, 0.29) is 11.1 Å². The minimum Gasteiger partial charge on any atom is -0.355 e. The molecule has 1 saturated heterocycles. The van der Waals surface area contributed by atoms with Gasteiger partial charge >= 0.3 is 0 Å². The van der Waals surface area contributed by atoms with Crippen molar-refractivity contribution in [2.45, 2.75) is 22.1 Å². The van der Waals surface area contributed by atoms with Gasteiger partial charge in [0.05, 0.1) is 5.41 Å². The van der Waals surface area contributed by atoms with E-state index in [1.807, 2.05) is 115 Å². The van der Waals surface area contributed by atoms with E-state index in [9.17, 15) is 0 Å². The van der Waals surface area contributed by atoms with E-state index in [0.29, 0.717) is 0 Å². The number of nitrogens with one attached hydrogen (secondary N) is 1. The predicted octanol–water partition coefficient (Wildman–Crippen LogP) is 12.5. The third kappa shape index (κ3) is 5.84. The maximum atomic E-state index is 16.3. The van der Waals surface area contributed by atoms with Gasteiger partial charge in [0, 0.05) is 27.7 Å². The standard InChI is InChI=1S/C54H40N2O2S/c57-51-50(59-52(58)56(51)54(42-27-13-4-14-28-42,43-29-15-5-16-30-43)44-31-17-6-18-32-44)49(38-35-36-48-46(37-38)45-33-19-20-34-47(45)55-48)53(39-21-7-1-8-22-39,40-23-9-2-10-24-40)41-25-11-3-12-26-41/h1-37,49-50,55H/t49?,50-/m1/s1. The molecule has 10 rings (SSSR count). The van der Waals surface area contributed by atoms with Crippen LogP contribution in [0, 0.1) is 0 Å². The number of amides is 2. The molecule has 1 aromatic heterocycles. The van der Waals surface area contributed by atoms with Crippen LogP contribution in [0.25, 0.3) is 21.8 Å². The first kappa shape index (κ1) is 36.4. The quantitative estimate of drug-likeness (QED) is 0.141. The van der Waals surface area contributed by atoms with Crippen LogP contribution in [0.5, 0.6) is 0 Å². The van der Waals surface area contributed by atoms with Crippen molar-refractivity contribution in [3.8, 4) is 0 Å². The lowest BCUT2D eigenvalue weighted by Crippen LogP contribution is -2.53. The predicted molar refractivity (Wildman–Crippen MR) is 241 cm³/mol. The van der Waals surface area contributed by atoms with Gasteiger partial charge in [-0.3, -0.25) is 14.5 Å². The fourth-order valence-electron chi connectivity index (χ4n) is 9.72. The Balaban J connectivity index is 1.30. The highest BCUT2D eigenvalue weighted by Gasteiger charge is 2.60. The molecule has 1 aliphatic rings. The second-order valence-electron chi connectivity index (χ2n) is 15.1. The van der Waals surface area contributed by atoms with E-state index in [1.54, 1.807) is 4.90 Å². The summed E-state index contributed by atoms with van der Waals surface area (Å²) in [7, 11) is 0. The van der Waals surface area contributed by atoms with Crippen LogP contribution in [0.1, 0.15) is 44.9 Å². The van der Waals surface area contributed by atoms with Gasteiger partial charge in [0.2, 0.25) is 5.91 Å². The molecule has 284 valence electrons. The summed E-state index contributed by atoms with van der Waals surface area (Å²) < 4.78 is 0. The molecule has 8 aromatic carbocycles. The van der Waals surface area contributed by atoms with E-state index in [2.05, 4.69) is 114 Å². The molecule has 0 spiro atoms. The van der Waals surface area contributed by atoms with Gasteiger partial charge in [-0.15, -0.1) is 0 Å². The third-order valence-electron chi connectivity index (χ3n) is 12.1. The van der Waals surface area contributed by atoms with E-state index >= 15 is 9.59 Å². The maximum Gasteiger partial charge on any atom is 0.290 e. The molecule has 5 heteroatoms. The third-order valence-corrected chi connectivity index (χ3v) is 13.2. The van der Waals surface area contributed by atoms with Crippen LogP contribution in [-0.4, -0.2) is 26.3 Å². The summed E-state index contributed by atoms with van der Waals surface area (Å²) in [5, 5.41) is 1.03. The number of hydrogen-bond acceptors (Lipinski definition) is 3. The first-order valence-corrected chi connectivity index (χ1v) is 20.9. The number of aromatic amines is 1. The second kappa shape index (κ2) is 15.1. The normalized spacial score (nSPS) is 15.2. The number of carbonyl (C=O) groups excluding carboxylic acids is 2. The summed E-state index contributed by atoms with van der Waals surface area (Å²) >= 11 is 1.15. The second-order valence-corrected chi connectivity index (χ2v) is 16.2. The summed E-state index contributed by atoms with van der Waals surface area (Å²) in [4.78, 5) is 37.0. The molecule has 2 amide bonds. The lowest BCUT2D eigenvalue weighted by molar-refractivity contribution is -0.130. The number of H-pyrrole nitrogens is 1. The maximum absolute atomic E-state index is 16.3. The largest absolute Gasteiger partial charge is 0.355 e. The first-order valence-electron chi connectivity index (χ1n) is 20.0. The zero-order valence-electron chi connectivity index (χ0n) is 32.2. The molecule has 2 heterocycles. The SMILES string of the molecule is O=C1S[C@H](C(c2ccc3[nH]c4ccccc4c3c2)C(c2ccccc2)(c2ccccc2)c2ccccc2)C(=O)N1C(c1ccccc1)(c1ccccc1)c1ccccc1. The zero-order chi connectivity index (χ0) is 39.8. The smallest absolute Gasteiger partial charge is 0.290 e. The molecule has 9 aromatic rings. The van der Waals surface area contributed by atoms with Crippen LogP contribution in [0.4, 0.5) is 4.79 Å². The van der Waals surface area contributed by atoms with Crippen molar-refractivity contribution in [3.05, 3.63) is 263 Å². The summed E-state index contributed by atoms with van der Waals surface area (Å²) in [6.07, 6.45) is 0.